The number of rotatable bonds is 6. The second-order valence-electron chi connectivity index (χ2n) is 3.94. The van der Waals surface area contributed by atoms with Crippen LogP contribution in [0.5, 0.6) is 0 Å². The summed E-state index contributed by atoms with van der Waals surface area (Å²) in [5.41, 5.74) is 0.887. The third kappa shape index (κ3) is 3.08. The van der Waals surface area contributed by atoms with Crippen LogP contribution in [0.1, 0.15) is 10.7 Å². The lowest BCUT2D eigenvalue weighted by atomic mass is 10.3. The van der Waals surface area contributed by atoms with E-state index in [0.29, 0.717) is 24.5 Å². The minimum atomic E-state index is 0.462. The molecule has 6 nitrogen and oxygen atoms in total. The highest BCUT2D eigenvalue weighted by atomic mass is 32.1. The van der Waals surface area contributed by atoms with Crippen molar-refractivity contribution in [2.45, 2.75) is 20.1 Å². The van der Waals surface area contributed by atoms with Gasteiger partial charge in [-0.25, -0.2) is 4.98 Å². The van der Waals surface area contributed by atoms with E-state index in [-0.39, 0.29) is 0 Å². The average molecular weight is 300 g/mol. The molecule has 0 bridgehead atoms. The van der Waals surface area contributed by atoms with Crippen molar-refractivity contribution in [3.8, 4) is 10.7 Å². The van der Waals surface area contributed by atoms with Crippen molar-refractivity contribution < 1.29 is 9.47 Å². The molecular formula is C11H16N4O2S2. The molecule has 0 aliphatic rings. The minimum Gasteiger partial charge on any atom is -0.383 e. The Morgan fingerprint density at radius 1 is 1.37 bits per heavy atom. The zero-order valence-electron chi connectivity index (χ0n) is 11.1. The van der Waals surface area contributed by atoms with Crippen LogP contribution >= 0.6 is 23.6 Å². The zero-order chi connectivity index (χ0) is 13.8. The van der Waals surface area contributed by atoms with Crippen LogP contribution in [0.2, 0.25) is 0 Å². The van der Waals surface area contributed by atoms with E-state index in [1.54, 1.807) is 25.6 Å². The molecule has 0 amide bonds. The standard InChI is InChI=1S/C11H16N4O2S2/c1-7-12-8(6-17-3)9(19-7)10-13-14-11(18)15(10)4-5-16-2/h4-6H2,1-3H3,(H,14,18). The van der Waals surface area contributed by atoms with Crippen LogP contribution in [-0.4, -0.2) is 40.6 Å². The van der Waals surface area contributed by atoms with E-state index >= 15 is 0 Å². The molecule has 2 rings (SSSR count). The van der Waals surface area contributed by atoms with Crippen LogP contribution in [-0.2, 0) is 22.6 Å². The zero-order valence-corrected chi connectivity index (χ0v) is 12.7. The summed E-state index contributed by atoms with van der Waals surface area (Å²) >= 11 is 6.83. The van der Waals surface area contributed by atoms with E-state index in [4.69, 9.17) is 21.7 Å². The van der Waals surface area contributed by atoms with Crippen molar-refractivity contribution in [1.82, 2.24) is 19.7 Å². The van der Waals surface area contributed by atoms with Crippen molar-refractivity contribution >= 4 is 23.6 Å². The van der Waals surface area contributed by atoms with Gasteiger partial charge in [0.1, 0.15) is 0 Å². The maximum atomic E-state index is 5.24. The Morgan fingerprint density at radius 2 is 2.16 bits per heavy atom. The number of hydrogen-bond acceptors (Lipinski definition) is 6. The number of hydrogen-bond donors (Lipinski definition) is 1. The third-order valence-corrected chi connectivity index (χ3v) is 3.89. The molecule has 1 N–H and O–H groups in total. The SMILES string of the molecule is COCCn1c(-c2sc(C)nc2COC)n[nH]c1=S. The van der Waals surface area contributed by atoms with E-state index in [2.05, 4.69) is 15.2 Å². The van der Waals surface area contributed by atoms with Gasteiger partial charge in [0, 0.05) is 14.2 Å². The van der Waals surface area contributed by atoms with Gasteiger partial charge in [0.15, 0.2) is 10.6 Å². The molecule has 0 aliphatic heterocycles. The molecule has 0 saturated carbocycles. The normalized spacial score (nSPS) is 11.1. The molecule has 2 heterocycles. The largest absolute Gasteiger partial charge is 0.383 e. The summed E-state index contributed by atoms with van der Waals surface area (Å²) in [6, 6.07) is 0. The van der Waals surface area contributed by atoms with Gasteiger partial charge in [0.2, 0.25) is 0 Å². The predicted octanol–water partition coefficient (Wildman–Crippen LogP) is 2.17. The molecule has 0 atom stereocenters. The number of nitrogens with one attached hydrogen (secondary N) is 1. The second kappa shape index (κ2) is 6.38. The Bertz CT molecular complexity index is 602. The molecule has 0 aliphatic carbocycles. The van der Waals surface area contributed by atoms with Gasteiger partial charge in [-0.05, 0) is 19.1 Å². The van der Waals surface area contributed by atoms with Crippen LogP contribution in [0, 0.1) is 11.7 Å². The number of ether oxygens (including phenoxy) is 2. The molecule has 0 aromatic carbocycles. The molecule has 0 spiro atoms. The van der Waals surface area contributed by atoms with Gasteiger partial charge in [-0.2, -0.15) is 5.10 Å². The quantitative estimate of drug-likeness (QED) is 0.828. The number of aromatic nitrogens is 4. The summed E-state index contributed by atoms with van der Waals surface area (Å²) in [6.45, 7) is 3.67. The van der Waals surface area contributed by atoms with E-state index in [1.807, 2.05) is 11.5 Å². The van der Waals surface area contributed by atoms with Crippen molar-refractivity contribution in [2.24, 2.45) is 0 Å². The first-order valence-corrected chi connectivity index (χ1v) is 6.99. The number of methoxy groups -OCH3 is 2. The van der Waals surface area contributed by atoms with E-state index < -0.39 is 0 Å². The highest BCUT2D eigenvalue weighted by Crippen LogP contribution is 2.29. The van der Waals surface area contributed by atoms with Gasteiger partial charge in [-0.15, -0.1) is 11.3 Å². The fourth-order valence-corrected chi connectivity index (χ4v) is 2.90. The molecule has 8 heteroatoms. The predicted molar refractivity (Wildman–Crippen MR) is 75.8 cm³/mol. The van der Waals surface area contributed by atoms with Crippen molar-refractivity contribution in [3.63, 3.8) is 0 Å². The Hall–Kier alpha value is -1.09. The van der Waals surface area contributed by atoms with Gasteiger partial charge >= 0.3 is 0 Å². The fourth-order valence-electron chi connectivity index (χ4n) is 1.76. The molecule has 0 fully saturated rings. The van der Waals surface area contributed by atoms with Gasteiger partial charge in [0.25, 0.3) is 0 Å². The number of H-pyrrole nitrogens is 1. The molecule has 104 valence electrons. The van der Waals surface area contributed by atoms with Gasteiger partial charge in [0.05, 0.1) is 35.3 Å². The highest BCUT2D eigenvalue weighted by molar-refractivity contribution is 7.71. The van der Waals surface area contributed by atoms with Gasteiger partial charge in [-0.3, -0.25) is 9.67 Å². The van der Waals surface area contributed by atoms with E-state index in [9.17, 15) is 0 Å². The maximum Gasteiger partial charge on any atom is 0.195 e. The molecule has 2 aromatic heterocycles. The molecule has 19 heavy (non-hydrogen) atoms. The van der Waals surface area contributed by atoms with E-state index in [1.165, 1.54) is 0 Å². The molecule has 2 aromatic rings. The van der Waals surface area contributed by atoms with Crippen molar-refractivity contribution in [3.05, 3.63) is 15.5 Å². The average Bonchev–Trinajstić information content (AvgIpc) is 2.91. The Morgan fingerprint density at radius 3 is 2.84 bits per heavy atom. The number of thiazole rings is 1. The maximum absolute atomic E-state index is 5.24. The first-order chi connectivity index (χ1) is 9.17. The summed E-state index contributed by atoms with van der Waals surface area (Å²) in [5, 5.41) is 8.10. The second-order valence-corrected chi connectivity index (χ2v) is 5.53. The van der Waals surface area contributed by atoms with Crippen LogP contribution in [0.4, 0.5) is 0 Å². The highest BCUT2D eigenvalue weighted by Gasteiger charge is 2.17. The Kier molecular flexibility index (Phi) is 4.81. The number of nitrogens with zero attached hydrogens (tertiary/aromatic N) is 3. The molecular weight excluding hydrogens is 284 g/mol. The molecule has 0 unspecified atom stereocenters. The van der Waals surface area contributed by atoms with Crippen LogP contribution in [0.15, 0.2) is 0 Å². The monoisotopic (exact) mass is 300 g/mol. The van der Waals surface area contributed by atoms with Crippen LogP contribution < -0.4 is 0 Å². The lowest BCUT2D eigenvalue weighted by Gasteiger charge is -2.05. The first kappa shape index (κ1) is 14.3. The third-order valence-electron chi connectivity index (χ3n) is 2.57. The summed E-state index contributed by atoms with van der Waals surface area (Å²) < 4.78 is 12.8. The number of aryl methyl sites for hydroxylation is 1. The molecule has 0 saturated heterocycles. The summed E-state index contributed by atoms with van der Waals surface area (Å²) in [5.74, 6) is 0.791. The Labute approximate surface area is 120 Å². The fraction of sp³-hybridized carbons (Fsp3) is 0.545. The topological polar surface area (TPSA) is 65.0 Å². The lowest BCUT2D eigenvalue weighted by molar-refractivity contribution is 0.182. The van der Waals surface area contributed by atoms with Crippen molar-refractivity contribution in [1.29, 1.82) is 0 Å². The smallest absolute Gasteiger partial charge is 0.195 e. The van der Waals surface area contributed by atoms with Crippen molar-refractivity contribution in [2.75, 3.05) is 20.8 Å². The molecule has 0 radical (unpaired) electrons. The van der Waals surface area contributed by atoms with Gasteiger partial charge < -0.3 is 9.47 Å². The van der Waals surface area contributed by atoms with E-state index in [0.717, 1.165) is 21.4 Å². The Balaban J connectivity index is 2.43. The first-order valence-electron chi connectivity index (χ1n) is 5.77. The van der Waals surface area contributed by atoms with Gasteiger partial charge in [-0.1, -0.05) is 0 Å². The summed E-state index contributed by atoms with van der Waals surface area (Å²) in [6.07, 6.45) is 0. The lowest BCUT2D eigenvalue weighted by Crippen LogP contribution is -2.06. The van der Waals surface area contributed by atoms with Crippen LogP contribution in [0.25, 0.3) is 10.7 Å². The number of aromatic amines is 1. The summed E-state index contributed by atoms with van der Waals surface area (Å²) in [4.78, 5) is 5.46. The van der Waals surface area contributed by atoms with Crippen LogP contribution in [0.3, 0.4) is 0 Å². The minimum absolute atomic E-state index is 0.462. The summed E-state index contributed by atoms with van der Waals surface area (Å²) in [7, 11) is 3.32.